The molecule has 0 aromatic carbocycles. The topological polar surface area (TPSA) is 25.8 Å². The summed E-state index contributed by atoms with van der Waals surface area (Å²) in [4.78, 5) is 9.12. The first-order valence-electron chi connectivity index (χ1n) is 5.77. The zero-order chi connectivity index (χ0) is 10.4. The van der Waals surface area contributed by atoms with Gasteiger partial charge in [-0.2, -0.15) is 0 Å². The van der Waals surface area contributed by atoms with Crippen LogP contribution in [0.4, 0.5) is 0 Å². The van der Waals surface area contributed by atoms with Crippen LogP contribution >= 0.6 is 11.6 Å². The second kappa shape index (κ2) is 3.44. The van der Waals surface area contributed by atoms with Gasteiger partial charge in [-0.05, 0) is 38.7 Å². The molecule has 0 bridgehead atoms. The summed E-state index contributed by atoms with van der Waals surface area (Å²) in [5.41, 5.74) is 2.46. The molecule has 0 saturated heterocycles. The molecule has 0 spiro atoms. The molecule has 2 fully saturated rings. The molecule has 2 aliphatic carbocycles. The number of aromatic nitrogens is 2. The molecule has 2 nitrogen and oxygen atoms in total. The zero-order valence-corrected chi connectivity index (χ0v) is 9.67. The average Bonchev–Trinajstić information content (AvgIpc) is 3.06. The number of alkyl halides is 1. The summed E-state index contributed by atoms with van der Waals surface area (Å²) in [7, 11) is 0. The highest BCUT2D eigenvalue weighted by Crippen LogP contribution is 2.43. The Bertz CT molecular complexity index is 321. The van der Waals surface area contributed by atoms with Crippen molar-refractivity contribution in [1.82, 2.24) is 9.97 Å². The fraction of sp³-hybridized carbons (Fsp3) is 0.667. The summed E-state index contributed by atoms with van der Waals surface area (Å²) in [6.45, 7) is 1.95. The van der Waals surface area contributed by atoms with E-state index in [2.05, 4.69) is 16.0 Å². The van der Waals surface area contributed by atoms with Gasteiger partial charge in [0.15, 0.2) is 0 Å². The molecule has 1 heterocycles. The van der Waals surface area contributed by atoms with Gasteiger partial charge >= 0.3 is 0 Å². The van der Waals surface area contributed by atoms with Crippen molar-refractivity contribution in [2.24, 2.45) is 0 Å². The normalized spacial score (nSPS) is 22.8. The van der Waals surface area contributed by atoms with Crippen LogP contribution in [0.2, 0.25) is 0 Å². The maximum Gasteiger partial charge on any atom is 0.146 e. The molecule has 0 amide bonds. The lowest BCUT2D eigenvalue weighted by atomic mass is 10.2. The Morgan fingerprint density at radius 3 is 1.93 bits per heavy atom. The van der Waals surface area contributed by atoms with Gasteiger partial charge in [0, 0.05) is 23.2 Å². The van der Waals surface area contributed by atoms with Gasteiger partial charge < -0.3 is 0 Å². The first-order chi connectivity index (χ1) is 7.24. The van der Waals surface area contributed by atoms with Gasteiger partial charge in [-0.1, -0.05) is 0 Å². The minimum atomic E-state index is -0.0683. The van der Waals surface area contributed by atoms with Crippen molar-refractivity contribution >= 4 is 11.6 Å². The molecule has 1 atom stereocenters. The Hall–Kier alpha value is -0.630. The number of rotatable bonds is 3. The molecule has 1 aromatic rings. The fourth-order valence-electron chi connectivity index (χ4n) is 1.86. The Morgan fingerprint density at radius 1 is 1.13 bits per heavy atom. The highest BCUT2D eigenvalue weighted by atomic mass is 35.5. The summed E-state index contributed by atoms with van der Waals surface area (Å²) in [6.07, 6.45) is 5.16. The Labute approximate surface area is 95.1 Å². The van der Waals surface area contributed by atoms with Crippen LogP contribution in [0.1, 0.15) is 67.0 Å². The molecule has 3 heteroatoms. The van der Waals surface area contributed by atoms with Crippen LogP contribution in [0.25, 0.3) is 0 Å². The molecule has 0 radical (unpaired) electrons. The van der Waals surface area contributed by atoms with Crippen LogP contribution in [0.5, 0.6) is 0 Å². The van der Waals surface area contributed by atoms with E-state index in [4.69, 9.17) is 11.6 Å². The third kappa shape index (κ3) is 2.00. The lowest BCUT2D eigenvalue weighted by Crippen LogP contribution is -2.02. The minimum absolute atomic E-state index is 0.0683. The number of hydrogen-bond donors (Lipinski definition) is 0. The van der Waals surface area contributed by atoms with Gasteiger partial charge in [-0.15, -0.1) is 11.6 Å². The summed E-state index contributed by atoms with van der Waals surface area (Å²) in [5.74, 6) is 2.21. The van der Waals surface area contributed by atoms with E-state index >= 15 is 0 Å². The van der Waals surface area contributed by atoms with Crippen molar-refractivity contribution in [3.63, 3.8) is 0 Å². The van der Waals surface area contributed by atoms with Crippen LogP contribution in [-0.2, 0) is 0 Å². The summed E-state index contributed by atoms with van der Waals surface area (Å²) in [6, 6.07) is 2.21. The van der Waals surface area contributed by atoms with E-state index in [1.807, 2.05) is 6.92 Å². The minimum Gasteiger partial charge on any atom is -0.236 e. The first kappa shape index (κ1) is 9.59. The smallest absolute Gasteiger partial charge is 0.146 e. The van der Waals surface area contributed by atoms with E-state index in [1.54, 1.807) is 0 Å². The predicted molar refractivity (Wildman–Crippen MR) is 60.3 cm³/mol. The summed E-state index contributed by atoms with van der Waals surface area (Å²) >= 11 is 6.07. The molecular weight excluding hydrogens is 208 g/mol. The monoisotopic (exact) mass is 222 g/mol. The van der Waals surface area contributed by atoms with Gasteiger partial charge in [0.2, 0.25) is 0 Å². The van der Waals surface area contributed by atoms with Crippen molar-refractivity contribution in [1.29, 1.82) is 0 Å². The molecule has 2 aliphatic rings. The van der Waals surface area contributed by atoms with Crippen LogP contribution in [0.15, 0.2) is 6.07 Å². The maximum atomic E-state index is 6.07. The van der Waals surface area contributed by atoms with E-state index in [-0.39, 0.29) is 5.38 Å². The lowest BCUT2D eigenvalue weighted by Gasteiger charge is -2.08. The molecule has 15 heavy (non-hydrogen) atoms. The second-order valence-electron chi connectivity index (χ2n) is 4.74. The van der Waals surface area contributed by atoms with Crippen LogP contribution in [-0.4, -0.2) is 9.97 Å². The highest BCUT2D eigenvalue weighted by Gasteiger charge is 2.30. The largest absolute Gasteiger partial charge is 0.236 e. The summed E-state index contributed by atoms with van der Waals surface area (Å²) in [5, 5.41) is -0.0683. The maximum absolute atomic E-state index is 6.07. The van der Waals surface area contributed by atoms with E-state index < -0.39 is 0 Å². The van der Waals surface area contributed by atoms with Crippen molar-refractivity contribution in [2.45, 2.75) is 49.8 Å². The van der Waals surface area contributed by atoms with Crippen LogP contribution in [0, 0.1) is 0 Å². The first-order valence-corrected chi connectivity index (χ1v) is 6.20. The quantitative estimate of drug-likeness (QED) is 0.732. The van der Waals surface area contributed by atoms with Crippen molar-refractivity contribution < 1.29 is 0 Å². The Kier molecular flexibility index (Phi) is 2.20. The summed E-state index contributed by atoms with van der Waals surface area (Å²) < 4.78 is 0. The zero-order valence-electron chi connectivity index (χ0n) is 8.91. The molecule has 1 unspecified atom stereocenters. The molecule has 0 N–H and O–H groups in total. The standard InChI is InChI=1S/C12H15ClN2/c1-7(13)12-14-10(8-2-3-8)6-11(15-12)9-4-5-9/h6-9H,2-5H2,1H3. The second-order valence-corrected chi connectivity index (χ2v) is 5.40. The van der Waals surface area contributed by atoms with Crippen molar-refractivity contribution in [2.75, 3.05) is 0 Å². The van der Waals surface area contributed by atoms with Gasteiger partial charge in [-0.25, -0.2) is 9.97 Å². The van der Waals surface area contributed by atoms with Crippen LogP contribution < -0.4 is 0 Å². The molecule has 1 aromatic heterocycles. The lowest BCUT2D eigenvalue weighted by molar-refractivity contribution is 0.825. The predicted octanol–water partition coefficient (Wildman–Crippen LogP) is 3.53. The molecule has 80 valence electrons. The van der Waals surface area contributed by atoms with Gasteiger partial charge in [-0.3, -0.25) is 0 Å². The number of halogens is 1. The average molecular weight is 223 g/mol. The van der Waals surface area contributed by atoms with Crippen LogP contribution in [0.3, 0.4) is 0 Å². The SMILES string of the molecule is CC(Cl)c1nc(C2CC2)cc(C2CC2)n1. The number of nitrogens with zero attached hydrogens (tertiary/aromatic N) is 2. The fourth-order valence-corrected chi connectivity index (χ4v) is 1.96. The Morgan fingerprint density at radius 2 is 1.60 bits per heavy atom. The van der Waals surface area contributed by atoms with Gasteiger partial charge in [0.25, 0.3) is 0 Å². The van der Waals surface area contributed by atoms with E-state index in [0.717, 1.165) is 5.82 Å². The van der Waals surface area contributed by atoms with Gasteiger partial charge in [0.05, 0.1) is 5.38 Å². The third-order valence-corrected chi connectivity index (χ3v) is 3.33. The Balaban J connectivity index is 1.99. The molecule has 3 rings (SSSR count). The highest BCUT2D eigenvalue weighted by molar-refractivity contribution is 6.20. The molecular formula is C12H15ClN2. The molecule has 0 aliphatic heterocycles. The van der Waals surface area contributed by atoms with E-state index in [9.17, 15) is 0 Å². The van der Waals surface area contributed by atoms with Crippen molar-refractivity contribution in [3.8, 4) is 0 Å². The van der Waals surface area contributed by atoms with Gasteiger partial charge in [0.1, 0.15) is 5.82 Å². The molecule has 2 saturated carbocycles. The van der Waals surface area contributed by atoms with Crippen molar-refractivity contribution in [3.05, 3.63) is 23.3 Å². The van der Waals surface area contributed by atoms with E-state index in [1.165, 1.54) is 37.1 Å². The third-order valence-electron chi connectivity index (χ3n) is 3.13. The number of hydrogen-bond acceptors (Lipinski definition) is 2. The van der Waals surface area contributed by atoms with E-state index in [0.29, 0.717) is 11.8 Å².